The number of carbonyl (C=O) groups excluding carboxylic acids is 3. The molecule has 1 N–H and O–H groups in total. The monoisotopic (exact) mass is 530 g/mol. The van der Waals surface area contributed by atoms with Gasteiger partial charge in [0.15, 0.2) is 0 Å². The molecule has 196 valence electrons. The molecule has 1 heterocycles. The fourth-order valence-corrected chi connectivity index (χ4v) is 4.98. The number of ether oxygens (including phenoxy) is 1. The Hall–Kier alpha value is -3.90. The van der Waals surface area contributed by atoms with Gasteiger partial charge < -0.3 is 15.0 Å². The van der Waals surface area contributed by atoms with Crippen LogP contribution < -0.4 is 5.32 Å². The van der Waals surface area contributed by atoms with Crippen LogP contribution in [0, 0.1) is 0 Å². The Morgan fingerprint density at radius 3 is 2.50 bits per heavy atom. The van der Waals surface area contributed by atoms with Gasteiger partial charge in [-0.3, -0.25) is 9.59 Å². The van der Waals surface area contributed by atoms with Gasteiger partial charge in [0.05, 0.1) is 24.8 Å². The summed E-state index contributed by atoms with van der Waals surface area (Å²) in [5, 5.41) is 3.56. The maximum atomic E-state index is 13.4. The van der Waals surface area contributed by atoms with Crippen LogP contribution in [0.1, 0.15) is 66.2 Å². The topological polar surface area (TPSA) is 75.7 Å². The second kappa shape index (κ2) is 12.1. The van der Waals surface area contributed by atoms with Crippen molar-refractivity contribution >= 4 is 29.4 Å². The molecule has 0 saturated heterocycles. The lowest BCUT2D eigenvalue weighted by atomic mass is 9.83. The van der Waals surface area contributed by atoms with Gasteiger partial charge in [-0.25, -0.2) is 4.79 Å². The molecule has 2 amide bonds. The fourth-order valence-electron chi connectivity index (χ4n) is 4.78. The summed E-state index contributed by atoms with van der Waals surface area (Å²) in [5.41, 5.74) is 4.06. The van der Waals surface area contributed by atoms with Crippen molar-refractivity contribution in [2.75, 3.05) is 6.61 Å². The summed E-state index contributed by atoms with van der Waals surface area (Å²) in [5.74, 6) is -1.22. The predicted octanol–water partition coefficient (Wildman–Crippen LogP) is 6.18. The van der Waals surface area contributed by atoms with Crippen molar-refractivity contribution in [3.05, 3.63) is 117 Å². The van der Waals surface area contributed by atoms with E-state index in [-0.39, 0.29) is 37.4 Å². The summed E-state index contributed by atoms with van der Waals surface area (Å²) in [6.45, 7) is 5.91. The molecule has 0 saturated carbocycles. The summed E-state index contributed by atoms with van der Waals surface area (Å²) in [7, 11) is 0. The third kappa shape index (κ3) is 6.14. The first-order chi connectivity index (χ1) is 18.3. The van der Waals surface area contributed by atoms with Gasteiger partial charge >= 0.3 is 5.97 Å². The molecule has 1 aliphatic rings. The lowest BCUT2D eigenvalue weighted by Gasteiger charge is -2.34. The summed E-state index contributed by atoms with van der Waals surface area (Å²) in [6, 6.07) is 24.0. The highest BCUT2D eigenvalue weighted by molar-refractivity contribution is 6.30. The number of carbonyl (C=O) groups is 3. The second-order valence-corrected chi connectivity index (χ2v) is 9.75. The minimum absolute atomic E-state index is 0.112. The van der Waals surface area contributed by atoms with Crippen LogP contribution >= 0.6 is 11.6 Å². The van der Waals surface area contributed by atoms with Gasteiger partial charge in [0, 0.05) is 28.6 Å². The van der Waals surface area contributed by atoms with Crippen LogP contribution in [0.4, 0.5) is 0 Å². The van der Waals surface area contributed by atoms with Gasteiger partial charge in [-0.1, -0.05) is 66.2 Å². The minimum atomic E-state index is -0.451. The smallest absolute Gasteiger partial charge is 0.336 e. The Bertz CT molecular complexity index is 1370. The van der Waals surface area contributed by atoms with Gasteiger partial charge in [0.2, 0.25) is 5.91 Å². The van der Waals surface area contributed by atoms with Crippen LogP contribution in [-0.2, 0) is 20.9 Å². The molecule has 0 aliphatic carbocycles. The molecule has 0 spiro atoms. The summed E-state index contributed by atoms with van der Waals surface area (Å²) in [6.07, 6.45) is 0.112. The summed E-state index contributed by atoms with van der Waals surface area (Å²) >= 11 is 6.21. The number of allylic oxidation sites excluding steroid dienone is 1. The van der Waals surface area contributed by atoms with Crippen molar-refractivity contribution < 1.29 is 19.1 Å². The number of nitrogens with zero attached hydrogens (tertiary/aromatic N) is 1. The van der Waals surface area contributed by atoms with E-state index < -0.39 is 11.9 Å². The van der Waals surface area contributed by atoms with Crippen molar-refractivity contribution in [1.29, 1.82) is 0 Å². The maximum absolute atomic E-state index is 13.4. The highest BCUT2D eigenvalue weighted by Crippen LogP contribution is 2.38. The molecule has 3 aromatic rings. The van der Waals surface area contributed by atoms with Gasteiger partial charge in [-0.15, -0.1) is 0 Å². The Morgan fingerprint density at radius 1 is 1.05 bits per heavy atom. The number of amides is 2. The number of benzene rings is 3. The average Bonchev–Trinajstić information content (AvgIpc) is 2.91. The zero-order valence-corrected chi connectivity index (χ0v) is 22.5. The number of esters is 1. The quantitative estimate of drug-likeness (QED) is 0.353. The van der Waals surface area contributed by atoms with E-state index in [1.54, 1.807) is 49.1 Å². The van der Waals surface area contributed by atoms with E-state index in [0.717, 1.165) is 16.7 Å². The number of halogens is 1. The van der Waals surface area contributed by atoms with E-state index in [0.29, 0.717) is 21.9 Å². The Labute approximate surface area is 228 Å². The first-order valence-corrected chi connectivity index (χ1v) is 13.0. The molecule has 0 aromatic heterocycles. The second-order valence-electron chi connectivity index (χ2n) is 9.32. The molecular formula is C31H31ClN2O4. The number of hydrogen-bond acceptors (Lipinski definition) is 4. The molecule has 6 nitrogen and oxygen atoms in total. The van der Waals surface area contributed by atoms with Crippen LogP contribution in [-0.4, -0.2) is 29.3 Å². The van der Waals surface area contributed by atoms with E-state index in [2.05, 4.69) is 5.32 Å². The normalized spacial score (nSPS) is 16.3. The maximum Gasteiger partial charge on any atom is 0.336 e. The average molecular weight is 531 g/mol. The first-order valence-electron chi connectivity index (χ1n) is 12.7. The van der Waals surface area contributed by atoms with Gasteiger partial charge in [0.1, 0.15) is 0 Å². The van der Waals surface area contributed by atoms with Crippen molar-refractivity contribution in [3.8, 4) is 0 Å². The van der Waals surface area contributed by atoms with Crippen LogP contribution in [0.2, 0.25) is 5.02 Å². The standard InChI is InChI=1S/C31H31ClN2O4/c1-4-38-31(37)29-21(3)34(28(35)18-27(29)24-13-9-15-26(32)17-24)19-22-10-8-14-25(16-22)30(36)33-20(2)23-11-6-5-7-12-23/h5-17,20,27H,4,18-19H2,1-3H3,(H,33,36). The summed E-state index contributed by atoms with van der Waals surface area (Å²) < 4.78 is 5.37. The van der Waals surface area contributed by atoms with E-state index in [1.165, 1.54) is 0 Å². The molecule has 4 rings (SSSR count). The number of hydrogen-bond donors (Lipinski definition) is 1. The Morgan fingerprint density at radius 2 is 1.79 bits per heavy atom. The number of nitrogens with one attached hydrogen (secondary N) is 1. The fraction of sp³-hybridized carbons (Fsp3) is 0.258. The van der Waals surface area contributed by atoms with E-state index in [9.17, 15) is 14.4 Å². The molecule has 1 aliphatic heterocycles. The third-order valence-corrected chi connectivity index (χ3v) is 6.98. The van der Waals surface area contributed by atoms with Crippen LogP contribution in [0.3, 0.4) is 0 Å². The predicted molar refractivity (Wildman–Crippen MR) is 147 cm³/mol. The molecule has 0 fully saturated rings. The molecule has 3 aromatic carbocycles. The lowest BCUT2D eigenvalue weighted by Crippen LogP contribution is -2.38. The lowest BCUT2D eigenvalue weighted by molar-refractivity contribution is -0.140. The highest BCUT2D eigenvalue weighted by atomic mass is 35.5. The highest BCUT2D eigenvalue weighted by Gasteiger charge is 2.37. The minimum Gasteiger partial charge on any atom is -0.463 e. The van der Waals surface area contributed by atoms with Gasteiger partial charge in [-0.2, -0.15) is 0 Å². The molecular weight excluding hydrogens is 500 g/mol. The summed E-state index contributed by atoms with van der Waals surface area (Å²) in [4.78, 5) is 41.0. The SMILES string of the molecule is CCOC(=O)C1=C(C)N(Cc2cccc(C(=O)NC(C)c3ccccc3)c2)C(=O)CC1c1cccc(Cl)c1. The zero-order valence-electron chi connectivity index (χ0n) is 21.7. The van der Waals surface area contributed by atoms with Crippen molar-refractivity contribution in [3.63, 3.8) is 0 Å². The van der Waals surface area contributed by atoms with Crippen molar-refractivity contribution in [2.45, 2.75) is 45.7 Å². The van der Waals surface area contributed by atoms with Crippen LogP contribution in [0.25, 0.3) is 0 Å². The largest absolute Gasteiger partial charge is 0.463 e. The van der Waals surface area contributed by atoms with Crippen LogP contribution in [0.5, 0.6) is 0 Å². The molecule has 0 radical (unpaired) electrons. The van der Waals surface area contributed by atoms with Gasteiger partial charge in [0.25, 0.3) is 5.91 Å². The molecule has 38 heavy (non-hydrogen) atoms. The van der Waals surface area contributed by atoms with Crippen molar-refractivity contribution in [2.24, 2.45) is 0 Å². The molecule has 0 bridgehead atoms. The van der Waals surface area contributed by atoms with Crippen LogP contribution in [0.15, 0.2) is 90.1 Å². The molecule has 2 atom stereocenters. The Balaban J connectivity index is 1.59. The van der Waals surface area contributed by atoms with E-state index >= 15 is 0 Å². The molecule has 7 heteroatoms. The first kappa shape index (κ1) is 27.1. The van der Waals surface area contributed by atoms with Gasteiger partial charge in [-0.05, 0) is 61.7 Å². The van der Waals surface area contributed by atoms with Crippen molar-refractivity contribution in [1.82, 2.24) is 10.2 Å². The van der Waals surface area contributed by atoms with E-state index in [4.69, 9.17) is 16.3 Å². The Kier molecular flexibility index (Phi) is 8.64. The number of rotatable bonds is 8. The zero-order chi connectivity index (χ0) is 27.2. The van der Waals surface area contributed by atoms with E-state index in [1.807, 2.05) is 55.5 Å². The third-order valence-electron chi connectivity index (χ3n) is 6.75. The molecule has 2 unspecified atom stereocenters.